The van der Waals surface area contributed by atoms with Gasteiger partial charge in [-0.15, -0.1) is 0 Å². The fourth-order valence-corrected chi connectivity index (χ4v) is 2.52. The minimum absolute atomic E-state index is 0.163. The third kappa shape index (κ3) is 2.72. The highest BCUT2D eigenvalue weighted by Crippen LogP contribution is 2.22. The lowest BCUT2D eigenvalue weighted by molar-refractivity contribution is -0.142. The molecule has 0 atom stereocenters. The van der Waals surface area contributed by atoms with Gasteiger partial charge in [-0.05, 0) is 38.1 Å². The number of nitrogens with zero attached hydrogens (tertiary/aromatic N) is 2. The number of para-hydroxylation sites is 2. The first-order valence-electron chi connectivity index (χ1n) is 7.38. The number of imidazole rings is 1. The fourth-order valence-electron chi connectivity index (χ4n) is 2.52. The number of hydrogen-bond donors (Lipinski definition) is 0. The van der Waals surface area contributed by atoms with Gasteiger partial charge < -0.3 is 4.74 Å². The number of benzene rings is 2. The van der Waals surface area contributed by atoms with Gasteiger partial charge in [-0.25, -0.2) is 4.98 Å². The van der Waals surface area contributed by atoms with E-state index in [2.05, 4.69) is 24.0 Å². The lowest BCUT2D eigenvalue weighted by Crippen LogP contribution is -2.12. The Balaban J connectivity index is 2.12. The van der Waals surface area contributed by atoms with Crippen molar-refractivity contribution in [3.8, 4) is 5.69 Å². The summed E-state index contributed by atoms with van der Waals surface area (Å²) in [5, 5.41) is 0. The van der Waals surface area contributed by atoms with E-state index in [0.717, 1.165) is 16.7 Å². The van der Waals surface area contributed by atoms with Crippen molar-refractivity contribution in [3.63, 3.8) is 0 Å². The summed E-state index contributed by atoms with van der Waals surface area (Å²) in [4.78, 5) is 16.4. The van der Waals surface area contributed by atoms with E-state index < -0.39 is 0 Å². The first-order chi connectivity index (χ1) is 10.7. The Morgan fingerprint density at radius 1 is 1.14 bits per heavy atom. The van der Waals surface area contributed by atoms with Crippen molar-refractivity contribution in [3.05, 3.63) is 59.9 Å². The van der Waals surface area contributed by atoms with E-state index in [1.54, 1.807) is 6.92 Å². The molecule has 3 aromatic rings. The zero-order chi connectivity index (χ0) is 15.5. The molecule has 0 amide bonds. The van der Waals surface area contributed by atoms with Crippen molar-refractivity contribution in [2.45, 2.75) is 20.3 Å². The van der Waals surface area contributed by atoms with E-state index in [-0.39, 0.29) is 12.4 Å². The average Bonchev–Trinajstić information content (AvgIpc) is 2.86. The van der Waals surface area contributed by atoms with Crippen LogP contribution in [-0.4, -0.2) is 22.1 Å². The van der Waals surface area contributed by atoms with Gasteiger partial charge in [-0.3, -0.25) is 9.36 Å². The molecule has 0 saturated carbocycles. The number of carbonyl (C=O) groups is 1. The Bertz CT molecular complexity index is 804. The van der Waals surface area contributed by atoms with Crippen LogP contribution in [0.4, 0.5) is 0 Å². The molecule has 0 unspecified atom stereocenters. The van der Waals surface area contributed by atoms with Crippen LogP contribution in [0.25, 0.3) is 16.7 Å². The summed E-state index contributed by atoms with van der Waals surface area (Å²) >= 11 is 0. The van der Waals surface area contributed by atoms with Gasteiger partial charge in [0.15, 0.2) is 0 Å². The van der Waals surface area contributed by atoms with Gasteiger partial charge in [0.25, 0.3) is 0 Å². The summed E-state index contributed by atoms with van der Waals surface area (Å²) < 4.78 is 7.08. The van der Waals surface area contributed by atoms with Gasteiger partial charge in [0, 0.05) is 5.69 Å². The third-order valence-electron chi connectivity index (χ3n) is 3.53. The molecule has 3 rings (SSSR count). The number of rotatable bonds is 4. The van der Waals surface area contributed by atoms with Gasteiger partial charge in [-0.1, -0.05) is 29.8 Å². The number of fused-ring (bicyclic) bond motifs is 1. The molecule has 0 N–H and O–H groups in total. The normalized spacial score (nSPS) is 10.8. The van der Waals surface area contributed by atoms with Crippen LogP contribution in [0.3, 0.4) is 0 Å². The van der Waals surface area contributed by atoms with E-state index in [9.17, 15) is 4.79 Å². The topological polar surface area (TPSA) is 44.1 Å². The molecule has 0 aliphatic rings. The second-order valence-electron chi connectivity index (χ2n) is 5.17. The summed E-state index contributed by atoms with van der Waals surface area (Å²) in [6.45, 7) is 4.24. The van der Waals surface area contributed by atoms with Crippen molar-refractivity contribution in [1.29, 1.82) is 0 Å². The molecule has 22 heavy (non-hydrogen) atoms. The molecule has 0 saturated heterocycles. The molecule has 4 heteroatoms. The zero-order valence-corrected chi connectivity index (χ0v) is 12.7. The highest BCUT2D eigenvalue weighted by molar-refractivity contribution is 5.80. The number of ether oxygens (including phenoxy) is 1. The monoisotopic (exact) mass is 294 g/mol. The second kappa shape index (κ2) is 6.02. The van der Waals surface area contributed by atoms with E-state index in [0.29, 0.717) is 12.4 Å². The Hall–Kier alpha value is -2.62. The van der Waals surface area contributed by atoms with Crippen molar-refractivity contribution >= 4 is 17.0 Å². The van der Waals surface area contributed by atoms with Crippen molar-refractivity contribution in [2.24, 2.45) is 0 Å². The molecule has 0 fully saturated rings. The molecule has 0 bridgehead atoms. The highest BCUT2D eigenvalue weighted by Gasteiger charge is 2.15. The molecular formula is C18H18N2O2. The standard InChI is InChI=1S/C18H18N2O2/c1-3-22-18(21)12-17-19-15-6-4-5-7-16(15)20(17)14-10-8-13(2)9-11-14/h4-11H,3,12H2,1-2H3. The highest BCUT2D eigenvalue weighted by atomic mass is 16.5. The predicted molar refractivity (Wildman–Crippen MR) is 86.1 cm³/mol. The van der Waals surface area contributed by atoms with Crippen molar-refractivity contribution in [1.82, 2.24) is 9.55 Å². The van der Waals surface area contributed by atoms with Gasteiger partial charge >= 0.3 is 5.97 Å². The smallest absolute Gasteiger partial charge is 0.313 e. The Morgan fingerprint density at radius 3 is 2.59 bits per heavy atom. The molecule has 4 nitrogen and oxygen atoms in total. The molecule has 0 aliphatic carbocycles. The third-order valence-corrected chi connectivity index (χ3v) is 3.53. The zero-order valence-electron chi connectivity index (χ0n) is 12.7. The molecule has 112 valence electrons. The Kier molecular flexibility index (Phi) is 3.92. The number of carbonyl (C=O) groups excluding carboxylic acids is 1. The van der Waals surface area contributed by atoms with Crippen LogP contribution in [0, 0.1) is 6.92 Å². The van der Waals surface area contributed by atoms with Crippen molar-refractivity contribution in [2.75, 3.05) is 6.61 Å². The second-order valence-corrected chi connectivity index (χ2v) is 5.17. The van der Waals surface area contributed by atoms with Gasteiger partial charge in [0.1, 0.15) is 12.2 Å². The number of esters is 1. The van der Waals surface area contributed by atoms with Crippen LogP contribution in [0.2, 0.25) is 0 Å². The SMILES string of the molecule is CCOC(=O)Cc1nc2ccccc2n1-c1ccc(C)cc1. The van der Waals surface area contributed by atoms with Crippen LogP contribution in [0.5, 0.6) is 0 Å². The molecule has 1 aromatic heterocycles. The summed E-state index contributed by atoms with van der Waals surface area (Å²) in [5.41, 5.74) is 4.06. The van der Waals surface area contributed by atoms with Crippen LogP contribution < -0.4 is 0 Å². The minimum Gasteiger partial charge on any atom is -0.466 e. The molecular weight excluding hydrogens is 276 g/mol. The summed E-state index contributed by atoms with van der Waals surface area (Å²) in [5.74, 6) is 0.440. The molecule has 0 aliphatic heterocycles. The van der Waals surface area contributed by atoms with Gasteiger partial charge in [0.2, 0.25) is 0 Å². The fraction of sp³-hybridized carbons (Fsp3) is 0.222. The molecule has 2 aromatic carbocycles. The number of aryl methyl sites for hydroxylation is 1. The van der Waals surface area contributed by atoms with E-state index >= 15 is 0 Å². The minimum atomic E-state index is -0.258. The van der Waals surface area contributed by atoms with Crippen LogP contribution in [-0.2, 0) is 16.0 Å². The van der Waals surface area contributed by atoms with Crippen LogP contribution in [0.1, 0.15) is 18.3 Å². The maximum Gasteiger partial charge on any atom is 0.313 e. The molecule has 0 spiro atoms. The predicted octanol–water partition coefficient (Wildman–Crippen LogP) is 3.44. The first kappa shape index (κ1) is 14.3. The maximum absolute atomic E-state index is 11.9. The van der Waals surface area contributed by atoms with E-state index in [1.807, 2.05) is 41.0 Å². The summed E-state index contributed by atoms with van der Waals surface area (Å²) in [6, 6.07) is 16.1. The van der Waals surface area contributed by atoms with Gasteiger partial charge in [0.05, 0.1) is 17.6 Å². The molecule has 0 radical (unpaired) electrons. The Morgan fingerprint density at radius 2 is 1.86 bits per heavy atom. The summed E-state index contributed by atoms with van der Waals surface area (Å²) in [7, 11) is 0. The number of hydrogen-bond acceptors (Lipinski definition) is 3. The number of aromatic nitrogens is 2. The Labute approximate surface area is 129 Å². The largest absolute Gasteiger partial charge is 0.466 e. The van der Waals surface area contributed by atoms with Crippen LogP contribution in [0.15, 0.2) is 48.5 Å². The van der Waals surface area contributed by atoms with E-state index in [1.165, 1.54) is 5.56 Å². The van der Waals surface area contributed by atoms with Crippen molar-refractivity contribution < 1.29 is 9.53 Å². The van der Waals surface area contributed by atoms with Crippen LogP contribution >= 0.6 is 0 Å². The quantitative estimate of drug-likeness (QED) is 0.692. The van der Waals surface area contributed by atoms with E-state index in [4.69, 9.17) is 4.74 Å². The average molecular weight is 294 g/mol. The van der Waals surface area contributed by atoms with Gasteiger partial charge in [-0.2, -0.15) is 0 Å². The molecule has 1 heterocycles. The lowest BCUT2D eigenvalue weighted by atomic mass is 10.2. The maximum atomic E-state index is 11.9. The first-order valence-corrected chi connectivity index (χ1v) is 7.38. The lowest BCUT2D eigenvalue weighted by Gasteiger charge is -2.09. The summed E-state index contributed by atoms with van der Waals surface area (Å²) in [6.07, 6.45) is 0.163.